The van der Waals surface area contributed by atoms with Crippen LogP contribution < -0.4 is 0 Å². The second-order valence-electron chi connectivity index (χ2n) is 4.70. The molecule has 0 N–H and O–H groups in total. The second kappa shape index (κ2) is 5.16. The number of carbonyl (C=O) groups excluding carboxylic acids is 1. The standard InChI is InChI=1S/C12H22N2O/c1-7-12(5,8-13)11(15)14(6)10(4)9(2)3/h9-10H,7H2,1-6H3. The third-order valence-corrected chi connectivity index (χ3v) is 3.32. The van der Waals surface area contributed by atoms with Crippen molar-refractivity contribution in [3.63, 3.8) is 0 Å². The van der Waals surface area contributed by atoms with E-state index < -0.39 is 5.41 Å². The third-order valence-electron chi connectivity index (χ3n) is 3.32. The molecule has 0 spiro atoms. The van der Waals surface area contributed by atoms with Gasteiger partial charge in [-0.2, -0.15) is 5.26 Å². The molecule has 0 aromatic rings. The summed E-state index contributed by atoms with van der Waals surface area (Å²) in [5, 5.41) is 9.03. The summed E-state index contributed by atoms with van der Waals surface area (Å²) >= 11 is 0. The fourth-order valence-corrected chi connectivity index (χ4v) is 1.30. The van der Waals surface area contributed by atoms with E-state index in [0.29, 0.717) is 12.3 Å². The van der Waals surface area contributed by atoms with Gasteiger partial charge in [-0.1, -0.05) is 20.8 Å². The molecule has 2 atom stereocenters. The maximum atomic E-state index is 12.1. The van der Waals surface area contributed by atoms with E-state index in [1.54, 1.807) is 18.9 Å². The predicted octanol–water partition coefficient (Wildman–Crippen LogP) is 2.43. The van der Waals surface area contributed by atoms with Gasteiger partial charge >= 0.3 is 0 Å². The van der Waals surface area contributed by atoms with Crippen molar-refractivity contribution < 1.29 is 4.79 Å². The molecule has 15 heavy (non-hydrogen) atoms. The fraction of sp³-hybridized carbons (Fsp3) is 0.833. The highest BCUT2D eigenvalue weighted by molar-refractivity contribution is 5.85. The van der Waals surface area contributed by atoms with Crippen LogP contribution >= 0.6 is 0 Å². The molecular formula is C12H22N2O. The monoisotopic (exact) mass is 210 g/mol. The Morgan fingerprint density at radius 3 is 2.20 bits per heavy atom. The number of hydrogen-bond donors (Lipinski definition) is 0. The molecule has 0 aromatic heterocycles. The molecule has 0 heterocycles. The molecule has 0 aliphatic rings. The van der Waals surface area contributed by atoms with Crippen LogP contribution in [0.3, 0.4) is 0 Å². The third kappa shape index (κ3) is 2.95. The summed E-state index contributed by atoms with van der Waals surface area (Å²) in [6.07, 6.45) is 0.553. The van der Waals surface area contributed by atoms with E-state index in [-0.39, 0.29) is 11.9 Å². The van der Waals surface area contributed by atoms with Crippen LogP contribution in [-0.2, 0) is 4.79 Å². The lowest BCUT2D eigenvalue weighted by Gasteiger charge is -2.33. The van der Waals surface area contributed by atoms with Crippen molar-refractivity contribution in [1.29, 1.82) is 5.26 Å². The molecule has 0 saturated heterocycles. The largest absolute Gasteiger partial charge is 0.341 e. The molecule has 0 radical (unpaired) electrons. The van der Waals surface area contributed by atoms with E-state index in [2.05, 4.69) is 19.9 Å². The number of hydrogen-bond acceptors (Lipinski definition) is 2. The first-order valence-electron chi connectivity index (χ1n) is 5.48. The van der Waals surface area contributed by atoms with Gasteiger partial charge in [0.1, 0.15) is 5.41 Å². The normalized spacial score (nSPS) is 16.7. The molecule has 0 bridgehead atoms. The molecule has 0 aliphatic carbocycles. The van der Waals surface area contributed by atoms with Gasteiger partial charge in [0.25, 0.3) is 0 Å². The number of nitrogens with zero attached hydrogens (tertiary/aromatic N) is 2. The first-order chi connectivity index (χ1) is 6.80. The Morgan fingerprint density at radius 1 is 1.47 bits per heavy atom. The highest BCUT2D eigenvalue weighted by Crippen LogP contribution is 2.24. The van der Waals surface area contributed by atoms with Crippen molar-refractivity contribution in [3.8, 4) is 6.07 Å². The Balaban J connectivity index is 4.80. The zero-order valence-corrected chi connectivity index (χ0v) is 10.7. The average molecular weight is 210 g/mol. The Hall–Kier alpha value is -1.04. The van der Waals surface area contributed by atoms with Gasteiger partial charge in [0, 0.05) is 13.1 Å². The number of rotatable bonds is 4. The minimum absolute atomic E-state index is 0.0753. The van der Waals surface area contributed by atoms with E-state index in [0.717, 1.165) is 0 Å². The summed E-state index contributed by atoms with van der Waals surface area (Å²) in [4.78, 5) is 13.8. The lowest BCUT2D eigenvalue weighted by Crippen LogP contribution is -2.45. The van der Waals surface area contributed by atoms with Crippen molar-refractivity contribution in [2.24, 2.45) is 11.3 Å². The van der Waals surface area contributed by atoms with Gasteiger partial charge < -0.3 is 4.90 Å². The first kappa shape index (κ1) is 14.0. The summed E-state index contributed by atoms with van der Waals surface area (Å²) in [7, 11) is 1.78. The van der Waals surface area contributed by atoms with Gasteiger partial charge in [-0.15, -0.1) is 0 Å². The topological polar surface area (TPSA) is 44.1 Å². The van der Waals surface area contributed by atoms with Crippen LogP contribution in [0.2, 0.25) is 0 Å². The number of carbonyl (C=O) groups is 1. The molecule has 0 fully saturated rings. The van der Waals surface area contributed by atoms with Crippen molar-refractivity contribution in [2.75, 3.05) is 7.05 Å². The molecule has 0 saturated carbocycles. The summed E-state index contributed by atoms with van der Waals surface area (Å²) in [6, 6.07) is 2.28. The summed E-state index contributed by atoms with van der Waals surface area (Å²) in [6.45, 7) is 9.73. The minimum atomic E-state index is -0.877. The predicted molar refractivity (Wildman–Crippen MR) is 61.1 cm³/mol. The first-order valence-corrected chi connectivity index (χ1v) is 5.48. The Labute approximate surface area is 93.1 Å². The molecular weight excluding hydrogens is 188 g/mol. The van der Waals surface area contributed by atoms with E-state index in [1.165, 1.54) is 0 Å². The SMILES string of the molecule is CCC(C)(C#N)C(=O)N(C)C(C)C(C)C. The molecule has 1 amide bonds. The van der Waals surface area contributed by atoms with Gasteiger partial charge in [0.05, 0.1) is 6.07 Å². The highest BCUT2D eigenvalue weighted by Gasteiger charge is 2.35. The maximum absolute atomic E-state index is 12.1. The molecule has 0 rings (SSSR count). The zero-order valence-electron chi connectivity index (χ0n) is 10.7. The fourth-order valence-electron chi connectivity index (χ4n) is 1.30. The molecule has 3 heteroatoms. The smallest absolute Gasteiger partial charge is 0.242 e. The van der Waals surface area contributed by atoms with Crippen LogP contribution in [0.1, 0.15) is 41.0 Å². The second-order valence-corrected chi connectivity index (χ2v) is 4.70. The molecule has 0 aromatic carbocycles. The van der Waals surface area contributed by atoms with Crippen molar-refractivity contribution in [1.82, 2.24) is 4.90 Å². The van der Waals surface area contributed by atoms with Gasteiger partial charge in [-0.3, -0.25) is 4.79 Å². The number of nitriles is 1. The van der Waals surface area contributed by atoms with Gasteiger partial charge in [-0.25, -0.2) is 0 Å². The van der Waals surface area contributed by atoms with Gasteiger partial charge in [0.15, 0.2) is 0 Å². The highest BCUT2D eigenvalue weighted by atomic mass is 16.2. The minimum Gasteiger partial charge on any atom is -0.341 e. The van der Waals surface area contributed by atoms with Crippen molar-refractivity contribution in [2.45, 2.75) is 47.1 Å². The lowest BCUT2D eigenvalue weighted by molar-refractivity contribution is -0.139. The van der Waals surface area contributed by atoms with Crippen LogP contribution in [0.15, 0.2) is 0 Å². The van der Waals surface area contributed by atoms with E-state index >= 15 is 0 Å². The Morgan fingerprint density at radius 2 is 1.93 bits per heavy atom. The van der Waals surface area contributed by atoms with Crippen LogP contribution in [0, 0.1) is 22.7 Å². The van der Waals surface area contributed by atoms with Crippen LogP contribution in [0.25, 0.3) is 0 Å². The van der Waals surface area contributed by atoms with Gasteiger partial charge in [0.2, 0.25) is 5.91 Å². The van der Waals surface area contributed by atoms with E-state index in [1.807, 2.05) is 13.8 Å². The summed E-state index contributed by atoms with van der Waals surface area (Å²) < 4.78 is 0. The van der Waals surface area contributed by atoms with E-state index in [9.17, 15) is 4.79 Å². The molecule has 86 valence electrons. The average Bonchev–Trinajstić information content (AvgIpc) is 2.24. The van der Waals surface area contributed by atoms with Crippen LogP contribution in [-0.4, -0.2) is 23.9 Å². The quantitative estimate of drug-likeness (QED) is 0.715. The number of amides is 1. The van der Waals surface area contributed by atoms with Crippen LogP contribution in [0.4, 0.5) is 0 Å². The summed E-state index contributed by atoms with van der Waals surface area (Å²) in [5.74, 6) is 0.326. The van der Waals surface area contributed by atoms with Crippen molar-refractivity contribution in [3.05, 3.63) is 0 Å². The lowest BCUT2D eigenvalue weighted by atomic mass is 9.87. The Kier molecular flexibility index (Phi) is 4.80. The molecule has 3 nitrogen and oxygen atoms in total. The zero-order chi connectivity index (χ0) is 12.2. The van der Waals surface area contributed by atoms with Crippen molar-refractivity contribution >= 4 is 5.91 Å². The van der Waals surface area contributed by atoms with Crippen LogP contribution in [0.5, 0.6) is 0 Å². The Bertz CT molecular complexity index is 267. The van der Waals surface area contributed by atoms with E-state index in [4.69, 9.17) is 5.26 Å². The van der Waals surface area contributed by atoms with Gasteiger partial charge in [-0.05, 0) is 26.2 Å². The summed E-state index contributed by atoms with van der Waals surface area (Å²) in [5.41, 5.74) is -0.877. The maximum Gasteiger partial charge on any atom is 0.242 e. The molecule has 0 aliphatic heterocycles. The molecule has 2 unspecified atom stereocenters.